The van der Waals surface area contributed by atoms with Crippen LogP contribution in [0.15, 0.2) is 11.6 Å². The molecule has 0 saturated heterocycles. The highest BCUT2D eigenvalue weighted by Crippen LogP contribution is 2.67. The molecule has 4 rings (SSSR count). The zero-order valence-electron chi connectivity index (χ0n) is 23.2. The molecule has 4 aliphatic carbocycles. The van der Waals surface area contributed by atoms with Gasteiger partial charge in [-0.15, -0.1) is 0 Å². The van der Waals surface area contributed by atoms with E-state index >= 15 is 0 Å². The van der Waals surface area contributed by atoms with E-state index in [1.54, 1.807) is 5.57 Å². The van der Waals surface area contributed by atoms with E-state index in [2.05, 4.69) is 47.6 Å². The van der Waals surface area contributed by atoms with Crippen molar-refractivity contribution in [1.29, 1.82) is 0 Å². The summed E-state index contributed by atoms with van der Waals surface area (Å²) >= 11 is 0. The molecule has 0 aliphatic heterocycles. The molecule has 0 aromatic rings. The van der Waals surface area contributed by atoms with Gasteiger partial charge in [0, 0.05) is 0 Å². The van der Waals surface area contributed by atoms with Crippen LogP contribution in [0.4, 0.5) is 0 Å². The highest BCUT2D eigenvalue weighted by Gasteiger charge is 2.59. The van der Waals surface area contributed by atoms with Crippen LogP contribution in [0.2, 0.25) is 0 Å². The van der Waals surface area contributed by atoms with Crippen molar-refractivity contribution in [2.75, 3.05) is 0 Å². The predicted octanol–water partition coefficient (Wildman–Crippen LogP) is 9.14. The maximum Gasteiger partial charge on any atom is 0.306 e. The molecule has 4 aliphatic rings. The number of carbonyl (C=O) groups is 1. The molecular weight excluding hydrogens is 416 g/mol. The Morgan fingerprint density at radius 3 is 2.47 bits per heavy atom. The summed E-state index contributed by atoms with van der Waals surface area (Å²) in [4.78, 5) is 12.0. The highest BCUT2D eigenvalue weighted by molar-refractivity contribution is 5.70. The molecular formula is C32H54O2. The van der Waals surface area contributed by atoms with Crippen LogP contribution in [0, 0.1) is 58.2 Å². The number of rotatable bonds is 9. The van der Waals surface area contributed by atoms with E-state index in [9.17, 15) is 9.90 Å². The van der Waals surface area contributed by atoms with Crippen molar-refractivity contribution in [3.63, 3.8) is 0 Å². The molecule has 0 bridgehead atoms. The molecule has 194 valence electrons. The van der Waals surface area contributed by atoms with Gasteiger partial charge in [-0.25, -0.2) is 0 Å². The summed E-state index contributed by atoms with van der Waals surface area (Å²) in [5.41, 5.74) is 2.52. The van der Waals surface area contributed by atoms with Crippen molar-refractivity contribution >= 4 is 5.97 Å². The monoisotopic (exact) mass is 470 g/mol. The third-order valence-electron chi connectivity index (χ3n) is 11.8. The lowest BCUT2D eigenvalue weighted by molar-refractivity contribution is -0.144. The normalized spacial score (nSPS) is 41.3. The lowest BCUT2D eigenvalue weighted by Gasteiger charge is -2.59. The Balaban J connectivity index is 1.47. The molecule has 0 heterocycles. The maximum atomic E-state index is 12.0. The lowest BCUT2D eigenvalue weighted by atomic mass is 9.46. The minimum Gasteiger partial charge on any atom is -0.481 e. The summed E-state index contributed by atoms with van der Waals surface area (Å²) in [6.45, 7) is 14.7. The Labute approximate surface area is 210 Å². The van der Waals surface area contributed by atoms with Gasteiger partial charge in [0.1, 0.15) is 0 Å². The third-order valence-corrected chi connectivity index (χ3v) is 11.8. The van der Waals surface area contributed by atoms with Crippen molar-refractivity contribution in [2.24, 2.45) is 58.2 Å². The first-order valence-corrected chi connectivity index (χ1v) is 15.0. The predicted molar refractivity (Wildman–Crippen MR) is 143 cm³/mol. The smallest absolute Gasteiger partial charge is 0.306 e. The topological polar surface area (TPSA) is 37.3 Å². The van der Waals surface area contributed by atoms with Crippen LogP contribution in [0.3, 0.4) is 0 Å². The molecule has 0 spiro atoms. The fourth-order valence-corrected chi connectivity index (χ4v) is 9.93. The zero-order valence-corrected chi connectivity index (χ0v) is 23.2. The molecule has 9 atom stereocenters. The molecule has 2 nitrogen and oxygen atoms in total. The van der Waals surface area contributed by atoms with Gasteiger partial charge in [0.25, 0.3) is 0 Å². The average Bonchev–Trinajstić information content (AvgIpc) is 3.14. The van der Waals surface area contributed by atoms with Crippen LogP contribution in [0.5, 0.6) is 0 Å². The fraction of sp³-hybridized carbons (Fsp3) is 0.906. The molecule has 0 aromatic carbocycles. The van der Waals surface area contributed by atoms with Gasteiger partial charge in [0.15, 0.2) is 0 Å². The summed E-state index contributed by atoms with van der Waals surface area (Å²) in [7, 11) is 0. The number of fused-ring (bicyclic) bond motifs is 5. The third kappa shape index (κ3) is 4.66. The minimum atomic E-state index is -0.558. The summed E-state index contributed by atoms with van der Waals surface area (Å²) in [6.07, 6.45) is 19.1. The second-order valence-corrected chi connectivity index (χ2v) is 14.0. The quantitative estimate of drug-likeness (QED) is 0.341. The SMILES string of the molecule is CCCC(C(=O)O)[C@H]1CC[C@@]2(C)C(=CC[C@H]3[C@@H]4CC[C@H]([C@H](C)CCCC(C)C)[C@@]4(C)CC[C@@H]32)C1. The fourth-order valence-electron chi connectivity index (χ4n) is 9.93. The number of carboxylic acids is 1. The van der Waals surface area contributed by atoms with Gasteiger partial charge in [-0.3, -0.25) is 4.79 Å². The average molecular weight is 471 g/mol. The van der Waals surface area contributed by atoms with Crippen LogP contribution < -0.4 is 0 Å². The largest absolute Gasteiger partial charge is 0.481 e. The Hall–Kier alpha value is -0.790. The standard InChI is InChI=1S/C32H54O2/c1-7-9-25(30(33)34)23-16-18-31(5)24(20-23)12-13-26-28-15-14-27(22(4)11-8-10-21(2)3)32(28,6)19-17-29(26)31/h12,21-23,25-29H,7-11,13-20H2,1-6H3,(H,33,34)/t22-,23+,25?,26+,27-,28+,29+,31+,32-/m1/s1. The van der Waals surface area contributed by atoms with Crippen LogP contribution in [0.25, 0.3) is 0 Å². The van der Waals surface area contributed by atoms with E-state index in [0.717, 1.165) is 61.2 Å². The Morgan fingerprint density at radius 2 is 1.79 bits per heavy atom. The zero-order chi connectivity index (χ0) is 24.7. The summed E-state index contributed by atoms with van der Waals surface area (Å²) in [5.74, 6) is 4.88. The van der Waals surface area contributed by atoms with Crippen LogP contribution in [-0.2, 0) is 4.79 Å². The Kier molecular flexibility index (Phi) is 7.96. The van der Waals surface area contributed by atoms with Crippen molar-refractivity contribution < 1.29 is 9.90 Å². The van der Waals surface area contributed by atoms with E-state index in [4.69, 9.17) is 0 Å². The summed E-state index contributed by atoms with van der Waals surface area (Å²) < 4.78 is 0. The minimum absolute atomic E-state index is 0.143. The second kappa shape index (κ2) is 10.3. The van der Waals surface area contributed by atoms with E-state index in [1.165, 1.54) is 57.8 Å². The molecule has 1 unspecified atom stereocenters. The molecule has 1 N–H and O–H groups in total. The van der Waals surface area contributed by atoms with Gasteiger partial charge < -0.3 is 5.11 Å². The first-order valence-electron chi connectivity index (χ1n) is 15.0. The van der Waals surface area contributed by atoms with E-state index < -0.39 is 5.97 Å². The van der Waals surface area contributed by atoms with Gasteiger partial charge in [-0.2, -0.15) is 0 Å². The number of allylic oxidation sites excluding steroid dienone is 2. The van der Waals surface area contributed by atoms with Crippen LogP contribution in [0.1, 0.15) is 125 Å². The van der Waals surface area contributed by atoms with E-state index in [1.807, 2.05) is 0 Å². The maximum absolute atomic E-state index is 12.0. The number of carboxylic acid groups (broad SMARTS) is 1. The molecule has 3 fully saturated rings. The highest BCUT2D eigenvalue weighted by atomic mass is 16.4. The number of hydrogen-bond acceptors (Lipinski definition) is 1. The summed E-state index contributed by atoms with van der Waals surface area (Å²) in [5, 5.41) is 9.87. The first kappa shape index (κ1) is 26.3. The van der Waals surface area contributed by atoms with Crippen LogP contribution in [-0.4, -0.2) is 11.1 Å². The molecule has 34 heavy (non-hydrogen) atoms. The molecule has 0 radical (unpaired) electrons. The number of hydrogen-bond donors (Lipinski definition) is 1. The van der Waals surface area contributed by atoms with Gasteiger partial charge in [0.05, 0.1) is 5.92 Å². The molecule has 0 aromatic heterocycles. The van der Waals surface area contributed by atoms with Crippen molar-refractivity contribution in [3.05, 3.63) is 11.6 Å². The lowest BCUT2D eigenvalue weighted by Crippen LogP contribution is -2.50. The van der Waals surface area contributed by atoms with Gasteiger partial charge in [-0.1, -0.05) is 78.9 Å². The Bertz CT molecular complexity index is 752. The number of aliphatic carboxylic acids is 1. The van der Waals surface area contributed by atoms with Crippen molar-refractivity contribution in [2.45, 2.75) is 125 Å². The van der Waals surface area contributed by atoms with Crippen molar-refractivity contribution in [3.8, 4) is 0 Å². The van der Waals surface area contributed by atoms with Gasteiger partial charge in [-0.05, 0) is 110 Å². The van der Waals surface area contributed by atoms with Gasteiger partial charge in [0.2, 0.25) is 0 Å². The second-order valence-electron chi connectivity index (χ2n) is 14.0. The van der Waals surface area contributed by atoms with Crippen molar-refractivity contribution in [1.82, 2.24) is 0 Å². The Morgan fingerprint density at radius 1 is 1.03 bits per heavy atom. The van der Waals surface area contributed by atoms with Crippen LogP contribution >= 0.6 is 0 Å². The van der Waals surface area contributed by atoms with E-state index in [-0.39, 0.29) is 5.92 Å². The summed E-state index contributed by atoms with van der Waals surface area (Å²) in [6, 6.07) is 0. The molecule has 2 heteroatoms. The van der Waals surface area contributed by atoms with E-state index in [0.29, 0.717) is 16.7 Å². The first-order chi connectivity index (χ1) is 16.1. The molecule has 0 amide bonds. The van der Waals surface area contributed by atoms with Gasteiger partial charge >= 0.3 is 5.97 Å². The molecule has 3 saturated carbocycles.